The van der Waals surface area contributed by atoms with Crippen molar-refractivity contribution in [2.45, 2.75) is 13.3 Å². The second-order valence-corrected chi connectivity index (χ2v) is 5.12. The molecule has 0 aliphatic carbocycles. The largest absolute Gasteiger partial charge is 0.493 e. The van der Waals surface area contributed by atoms with E-state index < -0.39 is 11.0 Å². The SMILES string of the molecule is Cc1ccccc1OCCCNC(=O)Nc1ccccc1[N+](=O)[O-]. The molecule has 0 aliphatic rings. The highest BCUT2D eigenvalue weighted by Gasteiger charge is 2.14. The average molecular weight is 329 g/mol. The fourth-order valence-electron chi connectivity index (χ4n) is 2.08. The van der Waals surface area contributed by atoms with E-state index in [1.54, 1.807) is 12.1 Å². The van der Waals surface area contributed by atoms with Crippen LogP contribution in [0.3, 0.4) is 0 Å². The van der Waals surface area contributed by atoms with E-state index in [9.17, 15) is 14.9 Å². The van der Waals surface area contributed by atoms with Crippen molar-refractivity contribution in [2.75, 3.05) is 18.5 Å². The van der Waals surface area contributed by atoms with Crippen LogP contribution in [-0.2, 0) is 0 Å². The number of urea groups is 1. The highest BCUT2D eigenvalue weighted by atomic mass is 16.6. The maximum Gasteiger partial charge on any atom is 0.319 e. The Kier molecular flexibility index (Phi) is 6.13. The minimum Gasteiger partial charge on any atom is -0.493 e. The van der Waals surface area contributed by atoms with Gasteiger partial charge in [0.05, 0.1) is 11.5 Å². The number of para-hydroxylation sites is 3. The van der Waals surface area contributed by atoms with Gasteiger partial charge in [0.15, 0.2) is 0 Å². The Balaban J connectivity index is 1.72. The summed E-state index contributed by atoms with van der Waals surface area (Å²) in [6, 6.07) is 13.2. The summed E-state index contributed by atoms with van der Waals surface area (Å²) < 4.78 is 5.63. The Bertz CT molecular complexity index is 718. The average Bonchev–Trinajstić information content (AvgIpc) is 2.56. The normalized spacial score (nSPS) is 10.0. The van der Waals surface area contributed by atoms with Crippen molar-refractivity contribution in [3.8, 4) is 5.75 Å². The van der Waals surface area contributed by atoms with Gasteiger partial charge in [-0.25, -0.2) is 4.79 Å². The van der Waals surface area contributed by atoms with Crippen LogP contribution in [0.2, 0.25) is 0 Å². The standard InChI is InChI=1S/C17H19N3O4/c1-13-7-2-5-10-16(13)24-12-6-11-18-17(21)19-14-8-3-4-9-15(14)20(22)23/h2-5,7-10H,6,11-12H2,1H3,(H2,18,19,21). The monoisotopic (exact) mass is 329 g/mol. The van der Waals surface area contributed by atoms with Gasteiger partial charge in [0.25, 0.3) is 5.69 Å². The molecule has 0 heterocycles. The van der Waals surface area contributed by atoms with Crippen LogP contribution in [0.15, 0.2) is 48.5 Å². The highest BCUT2D eigenvalue weighted by Crippen LogP contribution is 2.22. The number of hydrogen-bond donors (Lipinski definition) is 2. The third kappa shape index (κ3) is 4.98. The van der Waals surface area contributed by atoms with Gasteiger partial charge in [0.1, 0.15) is 11.4 Å². The van der Waals surface area contributed by atoms with Crippen molar-refractivity contribution in [3.63, 3.8) is 0 Å². The zero-order valence-electron chi connectivity index (χ0n) is 13.3. The van der Waals surface area contributed by atoms with E-state index in [4.69, 9.17) is 4.74 Å². The van der Waals surface area contributed by atoms with Crippen LogP contribution < -0.4 is 15.4 Å². The number of nitro benzene ring substituents is 1. The number of amides is 2. The summed E-state index contributed by atoms with van der Waals surface area (Å²) in [5, 5.41) is 16.0. The van der Waals surface area contributed by atoms with Crippen LogP contribution in [0, 0.1) is 17.0 Å². The van der Waals surface area contributed by atoms with E-state index in [-0.39, 0.29) is 11.4 Å². The van der Waals surface area contributed by atoms with Gasteiger partial charge in [0, 0.05) is 12.6 Å². The van der Waals surface area contributed by atoms with Crippen LogP contribution in [0.5, 0.6) is 5.75 Å². The smallest absolute Gasteiger partial charge is 0.319 e. The Hall–Kier alpha value is -3.09. The topological polar surface area (TPSA) is 93.5 Å². The van der Waals surface area contributed by atoms with Crippen molar-refractivity contribution in [2.24, 2.45) is 0 Å². The number of carbonyl (C=O) groups is 1. The number of nitro groups is 1. The quantitative estimate of drug-likeness (QED) is 0.462. The molecule has 0 aliphatic heterocycles. The van der Waals surface area contributed by atoms with Crippen LogP contribution in [0.1, 0.15) is 12.0 Å². The van der Waals surface area contributed by atoms with Crippen LogP contribution in [-0.4, -0.2) is 24.1 Å². The Morgan fingerprint density at radius 1 is 1.17 bits per heavy atom. The molecule has 2 aromatic carbocycles. The minimum atomic E-state index is -0.536. The fraction of sp³-hybridized carbons (Fsp3) is 0.235. The summed E-state index contributed by atoms with van der Waals surface area (Å²) >= 11 is 0. The second kappa shape index (κ2) is 8.52. The maximum atomic E-state index is 11.8. The molecule has 126 valence electrons. The van der Waals surface area contributed by atoms with Gasteiger partial charge < -0.3 is 15.4 Å². The maximum absolute atomic E-state index is 11.8. The lowest BCUT2D eigenvalue weighted by Gasteiger charge is -2.10. The molecule has 0 radical (unpaired) electrons. The van der Waals surface area contributed by atoms with E-state index in [0.717, 1.165) is 11.3 Å². The number of aryl methyl sites for hydroxylation is 1. The van der Waals surface area contributed by atoms with Crippen LogP contribution in [0.25, 0.3) is 0 Å². The number of carbonyl (C=O) groups excluding carboxylic acids is 1. The number of anilines is 1. The molecular formula is C17H19N3O4. The molecule has 2 amide bonds. The number of nitrogens with one attached hydrogen (secondary N) is 2. The third-order valence-electron chi connectivity index (χ3n) is 3.31. The lowest BCUT2D eigenvalue weighted by molar-refractivity contribution is -0.383. The number of benzene rings is 2. The zero-order valence-corrected chi connectivity index (χ0v) is 13.3. The molecule has 0 spiro atoms. The molecular weight excluding hydrogens is 310 g/mol. The summed E-state index contributed by atoms with van der Waals surface area (Å²) in [4.78, 5) is 22.1. The Labute approximate surface area is 139 Å². The van der Waals surface area contributed by atoms with Crippen molar-refractivity contribution >= 4 is 17.4 Å². The van der Waals surface area contributed by atoms with Gasteiger partial charge in [-0.15, -0.1) is 0 Å². The predicted molar refractivity (Wildman–Crippen MR) is 91.4 cm³/mol. The van der Waals surface area contributed by atoms with E-state index in [0.29, 0.717) is 19.6 Å². The van der Waals surface area contributed by atoms with Gasteiger partial charge in [0.2, 0.25) is 0 Å². The molecule has 2 aromatic rings. The molecule has 0 saturated carbocycles. The first-order valence-corrected chi connectivity index (χ1v) is 7.54. The Morgan fingerprint density at radius 3 is 2.62 bits per heavy atom. The number of hydrogen-bond acceptors (Lipinski definition) is 4. The first kappa shape index (κ1) is 17.3. The minimum absolute atomic E-state index is 0.143. The molecule has 0 atom stereocenters. The molecule has 0 aromatic heterocycles. The van der Waals surface area contributed by atoms with Gasteiger partial charge in [-0.1, -0.05) is 30.3 Å². The summed E-state index contributed by atoms with van der Waals surface area (Å²) in [5.74, 6) is 0.821. The van der Waals surface area contributed by atoms with Crippen molar-refractivity contribution in [1.29, 1.82) is 0 Å². The first-order valence-electron chi connectivity index (χ1n) is 7.54. The van der Waals surface area contributed by atoms with Gasteiger partial charge in [-0.2, -0.15) is 0 Å². The number of rotatable bonds is 7. The van der Waals surface area contributed by atoms with E-state index in [1.165, 1.54) is 12.1 Å². The molecule has 24 heavy (non-hydrogen) atoms. The molecule has 0 unspecified atom stereocenters. The number of ether oxygens (including phenoxy) is 1. The van der Waals surface area contributed by atoms with Gasteiger partial charge in [-0.05, 0) is 31.0 Å². The van der Waals surface area contributed by atoms with Crippen LogP contribution in [0.4, 0.5) is 16.2 Å². The molecule has 2 rings (SSSR count). The molecule has 7 heteroatoms. The molecule has 0 bridgehead atoms. The van der Waals surface area contributed by atoms with Crippen molar-refractivity contribution < 1.29 is 14.5 Å². The molecule has 0 fully saturated rings. The second-order valence-electron chi connectivity index (χ2n) is 5.12. The summed E-state index contributed by atoms with van der Waals surface area (Å²) in [6.07, 6.45) is 0.624. The van der Waals surface area contributed by atoms with E-state index in [2.05, 4.69) is 10.6 Å². The molecule has 2 N–H and O–H groups in total. The first-order chi connectivity index (χ1) is 11.6. The summed E-state index contributed by atoms with van der Waals surface area (Å²) in [7, 11) is 0. The number of nitrogens with zero attached hydrogens (tertiary/aromatic N) is 1. The molecule has 7 nitrogen and oxygen atoms in total. The Morgan fingerprint density at radius 2 is 1.88 bits per heavy atom. The molecule has 0 saturated heterocycles. The summed E-state index contributed by atoms with van der Waals surface area (Å²) in [5.41, 5.74) is 1.08. The van der Waals surface area contributed by atoms with E-state index >= 15 is 0 Å². The summed E-state index contributed by atoms with van der Waals surface area (Å²) in [6.45, 7) is 2.84. The van der Waals surface area contributed by atoms with Crippen molar-refractivity contribution in [3.05, 3.63) is 64.2 Å². The predicted octanol–water partition coefficient (Wildman–Crippen LogP) is 3.49. The highest BCUT2D eigenvalue weighted by molar-refractivity contribution is 5.91. The lowest BCUT2D eigenvalue weighted by atomic mass is 10.2. The lowest BCUT2D eigenvalue weighted by Crippen LogP contribution is -2.30. The van der Waals surface area contributed by atoms with Gasteiger partial charge in [-0.3, -0.25) is 10.1 Å². The fourth-order valence-corrected chi connectivity index (χ4v) is 2.08. The van der Waals surface area contributed by atoms with E-state index in [1.807, 2.05) is 31.2 Å². The van der Waals surface area contributed by atoms with Crippen molar-refractivity contribution in [1.82, 2.24) is 5.32 Å². The third-order valence-corrected chi connectivity index (χ3v) is 3.31. The van der Waals surface area contributed by atoms with Crippen LogP contribution >= 0.6 is 0 Å². The zero-order chi connectivity index (χ0) is 17.4. The van der Waals surface area contributed by atoms with Gasteiger partial charge >= 0.3 is 6.03 Å².